The van der Waals surface area contributed by atoms with Crippen LogP contribution in [0.1, 0.15) is 20.3 Å². The maximum Gasteiger partial charge on any atom is 0.302 e. The van der Waals surface area contributed by atoms with Crippen LogP contribution < -0.4 is 5.73 Å². The lowest BCUT2D eigenvalue weighted by Gasteiger charge is -2.16. The first-order valence-corrected chi connectivity index (χ1v) is 7.27. The van der Waals surface area contributed by atoms with Crippen molar-refractivity contribution in [1.82, 2.24) is 19.5 Å². The second-order valence-electron chi connectivity index (χ2n) is 5.24. The lowest BCUT2D eigenvalue weighted by molar-refractivity contribution is -0.146. The molecular weight excluding hydrogens is 321 g/mol. The average Bonchev–Trinajstić information content (AvgIpc) is 2.89. The predicted molar refractivity (Wildman–Crippen MR) is 81.1 cm³/mol. The number of aryl methyl sites for hydroxylation is 1. The number of hydrogen-bond donors (Lipinski definition) is 1. The van der Waals surface area contributed by atoms with Gasteiger partial charge in [0.25, 0.3) is 0 Å². The number of aromatic nitrogens is 4. The predicted octanol–water partition coefficient (Wildman–Crippen LogP) is 0.680. The number of ether oxygens (including phenoxy) is 2. The van der Waals surface area contributed by atoms with Gasteiger partial charge in [-0.05, 0) is 6.42 Å². The van der Waals surface area contributed by atoms with Crippen molar-refractivity contribution in [3.05, 3.63) is 12.3 Å². The minimum atomic E-state index is -0.785. The number of nitrogens with zero attached hydrogens (tertiary/aromatic N) is 4. The van der Waals surface area contributed by atoms with Crippen LogP contribution in [0.2, 0.25) is 0 Å². The van der Waals surface area contributed by atoms with Gasteiger partial charge in [0.05, 0.1) is 19.5 Å². The Kier molecular flexibility index (Phi) is 5.61. The maximum absolute atomic E-state index is 13.7. The van der Waals surface area contributed by atoms with Crippen molar-refractivity contribution < 1.29 is 23.5 Å². The second kappa shape index (κ2) is 7.66. The molecule has 0 unspecified atom stereocenters. The molecule has 0 spiro atoms. The third kappa shape index (κ3) is 4.61. The van der Waals surface area contributed by atoms with Gasteiger partial charge in [0.15, 0.2) is 11.2 Å². The van der Waals surface area contributed by atoms with Gasteiger partial charge in [-0.25, -0.2) is 4.98 Å². The summed E-state index contributed by atoms with van der Waals surface area (Å²) < 4.78 is 25.2. The number of nitrogens with two attached hydrogens (primary N) is 1. The summed E-state index contributed by atoms with van der Waals surface area (Å²) in [5.41, 5.74) is 5.76. The van der Waals surface area contributed by atoms with Crippen molar-refractivity contribution in [3.63, 3.8) is 0 Å². The third-order valence-electron chi connectivity index (χ3n) is 3.26. The van der Waals surface area contributed by atoms with E-state index in [1.165, 1.54) is 20.2 Å². The summed E-state index contributed by atoms with van der Waals surface area (Å²) in [5, 5.41) is 0. The van der Waals surface area contributed by atoms with Crippen LogP contribution in [0.15, 0.2) is 6.33 Å². The summed E-state index contributed by atoms with van der Waals surface area (Å²) in [6.45, 7) is 3.23. The molecule has 2 N–H and O–H groups in total. The lowest BCUT2D eigenvalue weighted by atomic mass is 10.1. The Morgan fingerprint density at radius 1 is 1.25 bits per heavy atom. The summed E-state index contributed by atoms with van der Waals surface area (Å²) in [6, 6.07) is 0. The molecule has 0 atom stereocenters. The molecule has 130 valence electrons. The standard InChI is InChI=1S/C14H18FN5O4/c1-8(21)23-5-10(6-24-9(2)22)3-4-20-7-17-11-12(15)18-14(16)19-13(11)20/h7,10H,3-6H2,1-2H3,(H2,16,18,19). The van der Waals surface area contributed by atoms with Gasteiger partial charge in [-0.2, -0.15) is 14.4 Å². The van der Waals surface area contributed by atoms with Crippen molar-refractivity contribution in [2.75, 3.05) is 18.9 Å². The molecule has 2 heterocycles. The Morgan fingerprint density at radius 3 is 2.46 bits per heavy atom. The highest BCUT2D eigenvalue weighted by Gasteiger charge is 2.16. The zero-order valence-corrected chi connectivity index (χ0v) is 13.4. The Morgan fingerprint density at radius 2 is 1.88 bits per heavy atom. The van der Waals surface area contributed by atoms with E-state index in [0.717, 1.165) is 0 Å². The van der Waals surface area contributed by atoms with Gasteiger partial charge < -0.3 is 19.8 Å². The van der Waals surface area contributed by atoms with E-state index >= 15 is 0 Å². The van der Waals surface area contributed by atoms with Gasteiger partial charge >= 0.3 is 11.9 Å². The van der Waals surface area contributed by atoms with Gasteiger partial charge in [0.2, 0.25) is 11.9 Å². The van der Waals surface area contributed by atoms with Crippen LogP contribution in [0, 0.1) is 11.9 Å². The lowest BCUT2D eigenvalue weighted by Crippen LogP contribution is -2.21. The van der Waals surface area contributed by atoms with Crippen LogP contribution in [-0.2, 0) is 25.6 Å². The first kappa shape index (κ1) is 17.6. The average molecular weight is 339 g/mol. The zero-order valence-electron chi connectivity index (χ0n) is 13.4. The fourth-order valence-electron chi connectivity index (χ4n) is 2.10. The van der Waals surface area contributed by atoms with Gasteiger partial charge in [0, 0.05) is 26.3 Å². The molecule has 0 aromatic carbocycles. The summed E-state index contributed by atoms with van der Waals surface area (Å²) in [4.78, 5) is 33.2. The van der Waals surface area contributed by atoms with E-state index < -0.39 is 17.9 Å². The molecule has 0 aliphatic rings. The number of halogens is 1. The normalized spacial score (nSPS) is 11.0. The fourth-order valence-corrected chi connectivity index (χ4v) is 2.10. The zero-order chi connectivity index (χ0) is 17.7. The molecule has 2 rings (SSSR count). The number of rotatable bonds is 7. The van der Waals surface area contributed by atoms with Gasteiger partial charge in [-0.3, -0.25) is 9.59 Å². The van der Waals surface area contributed by atoms with E-state index in [2.05, 4.69) is 15.0 Å². The summed E-state index contributed by atoms with van der Waals surface area (Å²) in [5.74, 6) is -2.01. The van der Waals surface area contributed by atoms with Gasteiger partial charge in [0.1, 0.15) is 0 Å². The van der Waals surface area contributed by atoms with Crippen molar-refractivity contribution >= 4 is 29.1 Å². The summed E-state index contributed by atoms with van der Waals surface area (Å²) >= 11 is 0. The first-order valence-electron chi connectivity index (χ1n) is 7.27. The van der Waals surface area contributed by atoms with E-state index in [1.807, 2.05) is 0 Å². The summed E-state index contributed by atoms with van der Waals surface area (Å²) in [7, 11) is 0. The van der Waals surface area contributed by atoms with Crippen LogP contribution >= 0.6 is 0 Å². The molecule has 0 aliphatic carbocycles. The molecule has 0 fully saturated rings. The van der Waals surface area contributed by atoms with Gasteiger partial charge in [-0.15, -0.1) is 0 Å². The minimum Gasteiger partial charge on any atom is -0.465 e. The molecule has 0 amide bonds. The molecule has 0 saturated heterocycles. The number of nitrogen functional groups attached to an aromatic ring is 1. The Hall–Kier alpha value is -2.78. The topological polar surface area (TPSA) is 122 Å². The van der Waals surface area contributed by atoms with Crippen molar-refractivity contribution in [1.29, 1.82) is 0 Å². The molecule has 0 radical (unpaired) electrons. The van der Waals surface area contributed by atoms with Crippen molar-refractivity contribution in [2.45, 2.75) is 26.8 Å². The molecule has 0 saturated carbocycles. The van der Waals surface area contributed by atoms with E-state index in [9.17, 15) is 14.0 Å². The molecule has 24 heavy (non-hydrogen) atoms. The quantitative estimate of drug-likeness (QED) is 0.577. The molecule has 0 bridgehead atoms. The molecule has 2 aromatic heterocycles. The highest BCUT2D eigenvalue weighted by Crippen LogP contribution is 2.16. The molecule has 9 nitrogen and oxygen atoms in total. The Bertz CT molecular complexity index is 730. The monoisotopic (exact) mass is 339 g/mol. The van der Waals surface area contributed by atoms with Crippen LogP contribution in [0.3, 0.4) is 0 Å². The van der Waals surface area contributed by atoms with E-state index in [1.54, 1.807) is 4.57 Å². The van der Waals surface area contributed by atoms with Crippen molar-refractivity contribution in [3.8, 4) is 0 Å². The highest BCUT2D eigenvalue weighted by molar-refractivity contribution is 5.71. The minimum absolute atomic E-state index is 0.0284. The third-order valence-corrected chi connectivity index (χ3v) is 3.26. The number of imidazole rings is 1. The van der Waals surface area contributed by atoms with Crippen LogP contribution in [-0.4, -0.2) is 44.7 Å². The first-order chi connectivity index (χ1) is 11.4. The fraction of sp³-hybridized carbons (Fsp3) is 0.500. The molecule has 2 aromatic rings. The van der Waals surface area contributed by atoms with Crippen molar-refractivity contribution in [2.24, 2.45) is 5.92 Å². The van der Waals surface area contributed by atoms with E-state index in [-0.39, 0.29) is 36.2 Å². The molecule has 10 heteroatoms. The number of fused-ring (bicyclic) bond motifs is 1. The van der Waals surface area contributed by atoms with Gasteiger partial charge in [-0.1, -0.05) is 0 Å². The molecule has 0 aliphatic heterocycles. The number of carbonyl (C=O) groups is 2. The number of esters is 2. The number of hydrogen-bond acceptors (Lipinski definition) is 8. The Labute approximate surface area is 137 Å². The molecular formula is C14H18FN5O4. The SMILES string of the molecule is CC(=O)OCC(CCn1cnc2c(F)nc(N)nc21)COC(C)=O. The smallest absolute Gasteiger partial charge is 0.302 e. The number of anilines is 1. The van der Waals surface area contributed by atoms with E-state index in [0.29, 0.717) is 13.0 Å². The highest BCUT2D eigenvalue weighted by atomic mass is 19.1. The maximum atomic E-state index is 13.7. The van der Waals surface area contributed by atoms with Crippen LogP contribution in [0.25, 0.3) is 11.2 Å². The van der Waals surface area contributed by atoms with E-state index in [4.69, 9.17) is 15.2 Å². The summed E-state index contributed by atoms with van der Waals surface area (Å²) in [6.07, 6.45) is 1.92. The Balaban J connectivity index is 2.07. The number of carbonyl (C=O) groups excluding carboxylic acids is 2. The van der Waals surface area contributed by atoms with Crippen LogP contribution in [0.5, 0.6) is 0 Å². The van der Waals surface area contributed by atoms with Crippen LogP contribution in [0.4, 0.5) is 10.3 Å². The second-order valence-corrected chi connectivity index (χ2v) is 5.24. The largest absolute Gasteiger partial charge is 0.465 e.